The number of aromatic nitrogens is 3. The minimum absolute atomic E-state index is 0.0542. The largest absolute Gasteiger partial charge is 0.480 e. The topological polar surface area (TPSA) is 173 Å². The van der Waals surface area contributed by atoms with Crippen molar-refractivity contribution in [1.82, 2.24) is 19.9 Å². The lowest BCUT2D eigenvalue weighted by molar-refractivity contribution is -0.175. The molecule has 2 aromatic heterocycles. The average Bonchev–Trinajstić information content (AvgIpc) is 3.26. The van der Waals surface area contributed by atoms with E-state index in [1.165, 1.54) is 16.2 Å². The highest BCUT2D eigenvalue weighted by atomic mass is 32.2. The second-order valence-electron chi connectivity index (χ2n) is 6.99. The van der Waals surface area contributed by atoms with Crippen LogP contribution in [0.25, 0.3) is 11.0 Å². The first-order valence-corrected chi connectivity index (χ1v) is 10.4. The van der Waals surface area contributed by atoms with Crippen LogP contribution in [0, 0.1) is 0 Å². The molecule has 1 saturated heterocycles. The molecule has 3 heterocycles. The number of nitrogen functional groups attached to an aromatic ring is 1. The van der Waals surface area contributed by atoms with Crippen molar-refractivity contribution >= 4 is 40.5 Å². The SMILES string of the molecule is Nc1ncnc2c1ccn2[C@@H]1O[C@H](CSCC[C@@H](NC(=O)C(F)(F)F)C(=O)O)[C@@H](O)[C@H]1O. The van der Waals surface area contributed by atoms with Gasteiger partial charge in [-0.3, -0.25) is 4.79 Å². The predicted octanol–water partition coefficient (Wildman–Crippen LogP) is -0.112. The zero-order chi connectivity index (χ0) is 23.6. The average molecular weight is 479 g/mol. The Hall–Kier alpha value is -2.62. The molecule has 1 aliphatic heterocycles. The zero-order valence-corrected chi connectivity index (χ0v) is 17.1. The van der Waals surface area contributed by atoms with Gasteiger partial charge in [-0.05, 0) is 18.2 Å². The third-order valence-corrected chi connectivity index (χ3v) is 5.93. The number of amides is 1. The van der Waals surface area contributed by atoms with Crippen molar-refractivity contribution in [1.29, 1.82) is 0 Å². The van der Waals surface area contributed by atoms with Crippen LogP contribution in [0.1, 0.15) is 12.6 Å². The van der Waals surface area contributed by atoms with Gasteiger partial charge in [0.1, 0.15) is 36.0 Å². The molecule has 5 atom stereocenters. The molecular weight excluding hydrogens is 459 g/mol. The third kappa shape index (κ3) is 5.06. The van der Waals surface area contributed by atoms with Crippen molar-refractivity contribution in [2.45, 2.75) is 43.2 Å². The number of thioether (sulfide) groups is 1. The number of hydrogen-bond donors (Lipinski definition) is 5. The fourth-order valence-electron chi connectivity index (χ4n) is 3.19. The number of aliphatic hydroxyl groups excluding tert-OH is 2. The molecule has 0 bridgehead atoms. The molecule has 0 saturated carbocycles. The van der Waals surface area contributed by atoms with Crippen LogP contribution in [0.3, 0.4) is 0 Å². The molecule has 0 aromatic carbocycles. The fraction of sp³-hybridized carbons (Fsp3) is 0.529. The number of ether oxygens (including phenoxy) is 1. The van der Waals surface area contributed by atoms with Gasteiger partial charge in [-0.1, -0.05) is 0 Å². The number of nitrogens with two attached hydrogens (primary N) is 1. The van der Waals surface area contributed by atoms with E-state index >= 15 is 0 Å². The number of carbonyl (C=O) groups is 2. The van der Waals surface area contributed by atoms with Gasteiger partial charge in [-0.15, -0.1) is 0 Å². The molecule has 1 amide bonds. The molecule has 1 fully saturated rings. The summed E-state index contributed by atoms with van der Waals surface area (Å²) < 4.78 is 44.2. The summed E-state index contributed by atoms with van der Waals surface area (Å²) in [6, 6.07) is -0.0861. The molecule has 3 rings (SSSR count). The molecule has 32 heavy (non-hydrogen) atoms. The number of aliphatic hydroxyl groups is 2. The quantitative estimate of drug-likeness (QED) is 0.322. The smallest absolute Gasteiger partial charge is 0.471 e. The van der Waals surface area contributed by atoms with Crippen molar-refractivity contribution < 1.29 is 42.8 Å². The Kier molecular flexibility index (Phi) is 7.12. The van der Waals surface area contributed by atoms with E-state index < -0.39 is 48.6 Å². The Labute approximate surface area is 182 Å². The fourth-order valence-corrected chi connectivity index (χ4v) is 4.27. The number of nitrogens with one attached hydrogen (secondary N) is 1. The second kappa shape index (κ2) is 9.48. The summed E-state index contributed by atoms with van der Waals surface area (Å²) >= 11 is 1.10. The molecule has 15 heteroatoms. The number of anilines is 1. The Bertz CT molecular complexity index is 989. The van der Waals surface area contributed by atoms with E-state index in [-0.39, 0.29) is 23.7 Å². The van der Waals surface area contributed by atoms with Crippen LogP contribution in [0.5, 0.6) is 0 Å². The summed E-state index contributed by atoms with van der Waals surface area (Å²) in [5.74, 6) is -3.53. The van der Waals surface area contributed by atoms with E-state index in [0.717, 1.165) is 11.8 Å². The molecule has 2 aromatic rings. The van der Waals surface area contributed by atoms with Crippen molar-refractivity contribution in [3.63, 3.8) is 0 Å². The molecule has 0 spiro atoms. The second-order valence-corrected chi connectivity index (χ2v) is 8.14. The Morgan fingerprint density at radius 2 is 2.03 bits per heavy atom. The molecule has 1 aliphatic rings. The van der Waals surface area contributed by atoms with E-state index in [2.05, 4.69) is 9.97 Å². The van der Waals surface area contributed by atoms with E-state index in [0.29, 0.717) is 11.0 Å². The summed E-state index contributed by atoms with van der Waals surface area (Å²) in [6.45, 7) is 0. The maximum absolute atomic E-state index is 12.3. The van der Waals surface area contributed by atoms with Gasteiger partial charge in [0.2, 0.25) is 0 Å². The van der Waals surface area contributed by atoms with Crippen LogP contribution in [-0.4, -0.2) is 83.8 Å². The van der Waals surface area contributed by atoms with Gasteiger partial charge in [0.15, 0.2) is 6.23 Å². The first-order chi connectivity index (χ1) is 15.0. The summed E-state index contributed by atoms with van der Waals surface area (Å²) in [6.07, 6.45) is -7.04. The highest BCUT2D eigenvalue weighted by Gasteiger charge is 2.44. The van der Waals surface area contributed by atoms with Crippen molar-refractivity contribution in [3.8, 4) is 0 Å². The van der Waals surface area contributed by atoms with Gasteiger partial charge in [0.05, 0.1) is 11.5 Å². The number of alkyl halides is 3. The van der Waals surface area contributed by atoms with Crippen LogP contribution >= 0.6 is 11.8 Å². The number of carbonyl (C=O) groups excluding carboxylic acids is 1. The lowest BCUT2D eigenvalue weighted by Gasteiger charge is -2.17. The Morgan fingerprint density at radius 3 is 2.69 bits per heavy atom. The molecule has 0 radical (unpaired) electrons. The molecule has 11 nitrogen and oxygen atoms in total. The van der Waals surface area contributed by atoms with Gasteiger partial charge < -0.3 is 35.7 Å². The summed E-state index contributed by atoms with van der Waals surface area (Å²) in [5.41, 5.74) is 6.18. The summed E-state index contributed by atoms with van der Waals surface area (Å²) in [5, 5.41) is 31.7. The van der Waals surface area contributed by atoms with Crippen molar-refractivity contribution in [3.05, 3.63) is 18.6 Å². The lowest BCUT2D eigenvalue weighted by atomic mass is 10.1. The predicted molar refractivity (Wildman–Crippen MR) is 105 cm³/mol. The van der Waals surface area contributed by atoms with E-state index in [1.807, 2.05) is 0 Å². The normalized spacial score (nSPS) is 24.5. The standard InChI is InChI=1S/C17H20F3N5O6S/c18-17(19,20)16(30)24-8(15(28)29)2-4-32-5-9-10(26)11(27)14(31-9)25-3-1-7-12(21)22-6-23-13(7)25/h1,3,6,8-11,14,26-27H,2,4-5H2,(H,24,30)(H,28,29)(H2,21,22,23)/t8-,9-,10-,11-,14-/m1/s1. The number of aliphatic carboxylic acids is 1. The van der Waals surface area contributed by atoms with Crippen LogP contribution < -0.4 is 11.1 Å². The van der Waals surface area contributed by atoms with Crippen LogP contribution in [0.15, 0.2) is 18.6 Å². The van der Waals surface area contributed by atoms with Gasteiger partial charge in [0, 0.05) is 11.9 Å². The van der Waals surface area contributed by atoms with Gasteiger partial charge in [0.25, 0.3) is 0 Å². The minimum atomic E-state index is -5.19. The molecule has 0 aliphatic carbocycles. The number of halogens is 3. The first kappa shape index (κ1) is 24.0. The third-order valence-electron chi connectivity index (χ3n) is 4.85. The maximum Gasteiger partial charge on any atom is 0.471 e. The highest BCUT2D eigenvalue weighted by molar-refractivity contribution is 7.99. The van der Waals surface area contributed by atoms with E-state index in [1.54, 1.807) is 12.3 Å². The molecule has 0 unspecified atom stereocenters. The van der Waals surface area contributed by atoms with Crippen molar-refractivity contribution in [2.75, 3.05) is 17.2 Å². The van der Waals surface area contributed by atoms with Gasteiger partial charge in [-0.25, -0.2) is 14.8 Å². The Morgan fingerprint density at radius 1 is 1.31 bits per heavy atom. The molecule has 176 valence electrons. The summed E-state index contributed by atoms with van der Waals surface area (Å²) in [4.78, 5) is 30.0. The first-order valence-electron chi connectivity index (χ1n) is 9.27. The van der Waals surface area contributed by atoms with Gasteiger partial charge in [-0.2, -0.15) is 24.9 Å². The number of carboxylic acids is 1. The summed E-state index contributed by atoms with van der Waals surface area (Å²) in [7, 11) is 0. The van der Waals surface area contributed by atoms with Crippen molar-refractivity contribution in [2.24, 2.45) is 0 Å². The molecular formula is C17H20F3N5O6S. The number of hydrogen-bond acceptors (Lipinski definition) is 9. The number of fused-ring (bicyclic) bond motifs is 1. The number of rotatable bonds is 8. The number of carboxylic acid groups (broad SMARTS) is 1. The Balaban J connectivity index is 1.56. The van der Waals surface area contributed by atoms with E-state index in [9.17, 15) is 33.0 Å². The monoisotopic (exact) mass is 479 g/mol. The zero-order valence-electron chi connectivity index (χ0n) is 16.3. The van der Waals surface area contributed by atoms with Crippen LogP contribution in [-0.2, 0) is 14.3 Å². The van der Waals surface area contributed by atoms with Gasteiger partial charge >= 0.3 is 18.1 Å². The van der Waals surface area contributed by atoms with Crippen LogP contribution in [0.2, 0.25) is 0 Å². The van der Waals surface area contributed by atoms with Crippen LogP contribution in [0.4, 0.5) is 19.0 Å². The lowest BCUT2D eigenvalue weighted by Crippen LogP contribution is -2.47. The number of nitrogens with zero attached hydrogens (tertiary/aromatic N) is 3. The maximum atomic E-state index is 12.3. The highest BCUT2D eigenvalue weighted by Crippen LogP contribution is 2.34. The molecule has 6 N–H and O–H groups in total. The van der Waals surface area contributed by atoms with E-state index in [4.69, 9.17) is 15.6 Å². The minimum Gasteiger partial charge on any atom is -0.480 e.